The lowest BCUT2D eigenvalue weighted by atomic mass is 9.76. The summed E-state index contributed by atoms with van der Waals surface area (Å²) < 4.78 is 22.9. The number of sulfonamides is 1. The highest BCUT2D eigenvalue weighted by Gasteiger charge is 2.54. The second-order valence-corrected chi connectivity index (χ2v) is 8.92. The molecule has 0 aromatic heterocycles. The van der Waals surface area contributed by atoms with Crippen molar-refractivity contribution in [3.8, 4) is 0 Å². The molecule has 1 heterocycles. The number of carbonyl (C=O) groups excluding carboxylic acids is 3. The van der Waals surface area contributed by atoms with E-state index in [-0.39, 0.29) is 10.6 Å². The maximum atomic E-state index is 13.2. The number of carbonyl (C=O) groups is 3. The maximum absolute atomic E-state index is 13.2. The number of amides is 4. The van der Waals surface area contributed by atoms with Gasteiger partial charge in [0, 0.05) is 5.69 Å². The van der Waals surface area contributed by atoms with Gasteiger partial charge in [0.15, 0.2) is 0 Å². The van der Waals surface area contributed by atoms with Crippen LogP contribution in [0, 0.1) is 0 Å². The van der Waals surface area contributed by atoms with Crippen molar-refractivity contribution in [3.63, 3.8) is 0 Å². The SMILES string of the molecule is NS(=O)(=O)c1cccc(NC(=O)CN2C(=O)NC3(CCCc4ccccc43)C2=O)c1. The number of nitrogens with two attached hydrogens (primary N) is 1. The van der Waals surface area contributed by atoms with E-state index in [1.54, 1.807) is 0 Å². The summed E-state index contributed by atoms with van der Waals surface area (Å²) >= 11 is 0. The predicted octanol–water partition coefficient (Wildman–Crippen LogP) is 1.06. The molecule has 2 aliphatic rings. The minimum Gasteiger partial charge on any atom is -0.324 e. The highest BCUT2D eigenvalue weighted by atomic mass is 32.2. The molecule has 0 saturated carbocycles. The fourth-order valence-electron chi connectivity index (χ4n) is 4.05. The molecule has 1 fully saturated rings. The third kappa shape index (κ3) is 3.44. The summed E-state index contributed by atoms with van der Waals surface area (Å²) in [6.45, 7) is -0.492. The van der Waals surface area contributed by atoms with Crippen LogP contribution in [0.5, 0.6) is 0 Å². The van der Waals surface area contributed by atoms with Crippen molar-refractivity contribution in [1.29, 1.82) is 0 Å². The number of nitrogens with zero attached hydrogens (tertiary/aromatic N) is 1. The molecule has 1 saturated heterocycles. The smallest absolute Gasteiger partial charge is 0.324 e. The van der Waals surface area contributed by atoms with E-state index in [9.17, 15) is 22.8 Å². The zero-order chi connectivity index (χ0) is 21.5. The average molecular weight is 428 g/mol. The number of benzene rings is 2. The molecule has 4 amide bonds. The lowest BCUT2D eigenvalue weighted by molar-refractivity contribution is -0.134. The molecule has 30 heavy (non-hydrogen) atoms. The highest BCUT2D eigenvalue weighted by molar-refractivity contribution is 7.89. The minimum absolute atomic E-state index is 0.159. The number of hydrogen-bond acceptors (Lipinski definition) is 5. The molecule has 156 valence electrons. The third-order valence-corrected chi connectivity index (χ3v) is 6.31. The monoisotopic (exact) mass is 428 g/mol. The maximum Gasteiger partial charge on any atom is 0.325 e. The molecule has 2 aromatic rings. The van der Waals surface area contributed by atoms with Gasteiger partial charge in [0.1, 0.15) is 12.1 Å². The Kier molecular flexibility index (Phi) is 4.83. The van der Waals surface area contributed by atoms with E-state index in [2.05, 4.69) is 10.6 Å². The second kappa shape index (κ2) is 7.22. The molecule has 0 bridgehead atoms. The number of imide groups is 1. The molecule has 1 unspecified atom stereocenters. The first-order chi connectivity index (χ1) is 14.2. The summed E-state index contributed by atoms with van der Waals surface area (Å²) in [6, 6.07) is 12.3. The lowest BCUT2D eigenvalue weighted by Gasteiger charge is -2.33. The van der Waals surface area contributed by atoms with Crippen molar-refractivity contribution in [2.75, 3.05) is 11.9 Å². The molecule has 9 nitrogen and oxygen atoms in total. The van der Waals surface area contributed by atoms with Crippen LogP contribution >= 0.6 is 0 Å². The second-order valence-electron chi connectivity index (χ2n) is 7.36. The molecule has 1 atom stereocenters. The Morgan fingerprint density at radius 2 is 1.93 bits per heavy atom. The lowest BCUT2D eigenvalue weighted by Crippen LogP contribution is -2.47. The molecule has 1 aliphatic heterocycles. The van der Waals surface area contributed by atoms with E-state index in [0.29, 0.717) is 6.42 Å². The Bertz CT molecular complexity index is 1160. The Morgan fingerprint density at radius 1 is 1.17 bits per heavy atom. The van der Waals surface area contributed by atoms with E-state index >= 15 is 0 Å². The standard InChI is InChI=1S/C20H20N4O5S/c21-30(28,29)15-8-3-7-14(11-15)22-17(25)12-24-18(26)20(23-19(24)27)10-4-6-13-5-1-2-9-16(13)20/h1-3,5,7-9,11H,4,6,10,12H2,(H,22,25)(H,23,27)(H2,21,28,29). The van der Waals surface area contributed by atoms with Crippen molar-refractivity contribution in [2.45, 2.75) is 29.7 Å². The number of hydrogen-bond donors (Lipinski definition) is 3. The van der Waals surface area contributed by atoms with Crippen LogP contribution in [0.4, 0.5) is 10.5 Å². The number of rotatable bonds is 4. The van der Waals surface area contributed by atoms with E-state index in [0.717, 1.165) is 28.9 Å². The summed E-state index contributed by atoms with van der Waals surface area (Å²) in [7, 11) is -3.93. The van der Waals surface area contributed by atoms with Crippen LogP contribution in [-0.2, 0) is 31.6 Å². The van der Waals surface area contributed by atoms with Crippen LogP contribution < -0.4 is 15.8 Å². The number of anilines is 1. The van der Waals surface area contributed by atoms with Crippen LogP contribution in [0.15, 0.2) is 53.4 Å². The van der Waals surface area contributed by atoms with Gasteiger partial charge in [-0.1, -0.05) is 30.3 Å². The topological polar surface area (TPSA) is 139 Å². The van der Waals surface area contributed by atoms with E-state index in [1.807, 2.05) is 24.3 Å². The first-order valence-electron chi connectivity index (χ1n) is 9.36. The molecule has 10 heteroatoms. The Labute approximate surface area is 173 Å². The molecule has 1 aliphatic carbocycles. The quantitative estimate of drug-likeness (QED) is 0.625. The Balaban J connectivity index is 1.53. The fourth-order valence-corrected chi connectivity index (χ4v) is 4.61. The van der Waals surface area contributed by atoms with Gasteiger partial charge < -0.3 is 10.6 Å². The summed E-state index contributed by atoms with van der Waals surface area (Å²) in [4.78, 5) is 39.0. The van der Waals surface area contributed by atoms with Gasteiger partial charge >= 0.3 is 6.03 Å². The van der Waals surface area contributed by atoms with Crippen molar-refractivity contribution >= 4 is 33.6 Å². The van der Waals surface area contributed by atoms with Gasteiger partial charge in [-0.15, -0.1) is 0 Å². The van der Waals surface area contributed by atoms with Gasteiger partial charge in [-0.05, 0) is 48.6 Å². The Hall–Kier alpha value is -3.24. The number of nitrogens with one attached hydrogen (secondary N) is 2. The zero-order valence-electron chi connectivity index (χ0n) is 15.9. The predicted molar refractivity (Wildman–Crippen MR) is 108 cm³/mol. The first kappa shape index (κ1) is 20.0. The summed E-state index contributed by atoms with van der Waals surface area (Å²) in [5.41, 5.74) is 0.804. The molecule has 2 aromatic carbocycles. The normalized spacial score (nSPS) is 20.8. The molecule has 0 radical (unpaired) electrons. The van der Waals surface area contributed by atoms with Crippen molar-refractivity contribution in [2.24, 2.45) is 5.14 Å². The van der Waals surface area contributed by atoms with Crippen LogP contribution in [0.1, 0.15) is 24.0 Å². The van der Waals surface area contributed by atoms with Crippen LogP contribution in [0.2, 0.25) is 0 Å². The molecule has 4 rings (SSSR count). The summed E-state index contributed by atoms with van der Waals surface area (Å²) in [6.07, 6.45) is 2.02. The summed E-state index contributed by atoms with van der Waals surface area (Å²) in [5.74, 6) is -1.10. The van der Waals surface area contributed by atoms with Gasteiger partial charge in [-0.3, -0.25) is 14.5 Å². The van der Waals surface area contributed by atoms with Crippen LogP contribution in [0.25, 0.3) is 0 Å². The first-order valence-corrected chi connectivity index (χ1v) is 10.9. The number of aryl methyl sites for hydroxylation is 1. The third-order valence-electron chi connectivity index (χ3n) is 5.40. The van der Waals surface area contributed by atoms with E-state index < -0.39 is 40.0 Å². The minimum atomic E-state index is -3.93. The largest absolute Gasteiger partial charge is 0.325 e. The van der Waals surface area contributed by atoms with Crippen LogP contribution in [0.3, 0.4) is 0 Å². The fraction of sp³-hybridized carbons (Fsp3) is 0.250. The number of fused-ring (bicyclic) bond motifs is 2. The van der Waals surface area contributed by atoms with Crippen molar-refractivity contribution < 1.29 is 22.8 Å². The van der Waals surface area contributed by atoms with Gasteiger partial charge in [0.25, 0.3) is 5.91 Å². The van der Waals surface area contributed by atoms with Crippen molar-refractivity contribution in [1.82, 2.24) is 10.2 Å². The van der Waals surface area contributed by atoms with Gasteiger partial charge in [-0.2, -0.15) is 0 Å². The average Bonchev–Trinajstić information content (AvgIpc) is 2.93. The van der Waals surface area contributed by atoms with Gasteiger partial charge in [0.2, 0.25) is 15.9 Å². The van der Waals surface area contributed by atoms with Crippen LogP contribution in [-0.4, -0.2) is 37.7 Å². The van der Waals surface area contributed by atoms with E-state index in [4.69, 9.17) is 5.14 Å². The van der Waals surface area contributed by atoms with Gasteiger partial charge in [0.05, 0.1) is 4.90 Å². The molecular formula is C20H20N4O5S. The highest BCUT2D eigenvalue weighted by Crippen LogP contribution is 2.39. The van der Waals surface area contributed by atoms with E-state index in [1.165, 1.54) is 24.3 Å². The number of primary sulfonamides is 1. The van der Waals surface area contributed by atoms with Gasteiger partial charge in [-0.25, -0.2) is 18.4 Å². The molecular weight excluding hydrogens is 408 g/mol. The number of urea groups is 1. The zero-order valence-corrected chi connectivity index (χ0v) is 16.7. The van der Waals surface area contributed by atoms with Crippen molar-refractivity contribution in [3.05, 3.63) is 59.7 Å². The molecule has 1 spiro atoms. The summed E-state index contributed by atoms with van der Waals surface area (Å²) in [5, 5.41) is 10.4. The molecule has 4 N–H and O–H groups in total. The Morgan fingerprint density at radius 3 is 2.70 bits per heavy atom.